The van der Waals surface area contributed by atoms with Crippen molar-refractivity contribution in [1.29, 1.82) is 0 Å². The van der Waals surface area contributed by atoms with Gasteiger partial charge in [-0.3, -0.25) is 4.99 Å². The summed E-state index contributed by atoms with van der Waals surface area (Å²) < 4.78 is 5.02. The fourth-order valence-corrected chi connectivity index (χ4v) is 1.72. The third-order valence-corrected chi connectivity index (χ3v) is 3.12. The number of methoxy groups -OCH3 is 1. The van der Waals surface area contributed by atoms with Crippen LogP contribution in [0.15, 0.2) is 23.3 Å². The molecular weight excluding hydrogens is 228 g/mol. The van der Waals surface area contributed by atoms with Crippen LogP contribution in [0.4, 0.5) is 0 Å². The van der Waals surface area contributed by atoms with Crippen LogP contribution >= 0.6 is 0 Å². The van der Waals surface area contributed by atoms with Crippen LogP contribution in [0.5, 0.6) is 5.88 Å². The van der Waals surface area contributed by atoms with Gasteiger partial charge in [0, 0.05) is 31.9 Å². The van der Waals surface area contributed by atoms with Gasteiger partial charge in [0.2, 0.25) is 5.88 Å². The second-order valence-electron chi connectivity index (χ2n) is 4.60. The van der Waals surface area contributed by atoms with E-state index in [1.807, 2.05) is 12.1 Å². The normalized spacial score (nSPS) is 22.5. The van der Waals surface area contributed by atoms with Gasteiger partial charge in [0.05, 0.1) is 7.11 Å². The predicted octanol–water partition coefficient (Wildman–Crippen LogP) is 1.16. The monoisotopic (exact) mass is 248 g/mol. The number of hydrogen-bond acceptors (Lipinski definition) is 3. The van der Waals surface area contributed by atoms with Gasteiger partial charge in [-0.05, 0) is 17.9 Å². The van der Waals surface area contributed by atoms with E-state index in [-0.39, 0.29) is 0 Å². The van der Waals surface area contributed by atoms with Crippen LogP contribution in [0.2, 0.25) is 0 Å². The molecule has 1 aromatic rings. The smallest absolute Gasteiger partial charge is 0.212 e. The summed E-state index contributed by atoms with van der Waals surface area (Å²) in [5.41, 5.74) is 1.10. The van der Waals surface area contributed by atoms with Crippen LogP contribution in [0, 0.1) is 5.92 Å². The summed E-state index contributed by atoms with van der Waals surface area (Å²) in [4.78, 5) is 8.36. The zero-order chi connectivity index (χ0) is 13.0. The Labute approximate surface area is 108 Å². The molecule has 0 spiro atoms. The van der Waals surface area contributed by atoms with Crippen molar-refractivity contribution in [3.63, 3.8) is 0 Å². The number of rotatable bonds is 4. The highest BCUT2D eigenvalue weighted by Gasteiger charge is 2.33. The van der Waals surface area contributed by atoms with Crippen molar-refractivity contribution < 1.29 is 4.74 Å². The molecule has 1 heterocycles. The van der Waals surface area contributed by atoms with Crippen molar-refractivity contribution >= 4 is 5.96 Å². The first-order valence-corrected chi connectivity index (χ1v) is 6.19. The SMILES string of the molecule is CN=C(NCc1ccc(OC)nc1)NC1CC1C. The summed E-state index contributed by atoms with van der Waals surface area (Å²) in [5, 5.41) is 6.65. The minimum atomic E-state index is 0.574. The molecule has 0 amide bonds. The molecule has 2 unspecified atom stereocenters. The molecule has 0 saturated heterocycles. The van der Waals surface area contributed by atoms with E-state index < -0.39 is 0 Å². The average Bonchev–Trinajstić information content (AvgIpc) is 3.10. The molecule has 1 aliphatic rings. The number of pyridine rings is 1. The molecule has 0 radical (unpaired) electrons. The van der Waals surface area contributed by atoms with Crippen LogP contribution < -0.4 is 15.4 Å². The Morgan fingerprint density at radius 1 is 1.56 bits per heavy atom. The van der Waals surface area contributed by atoms with Gasteiger partial charge in [-0.2, -0.15) is 0 Å². The Balaban J connectivity index is 1.81. The number of guanidine groups is 1. The molecule has 98 valence electrons. The number of nitrogens with one attached hydrogen (secondary N) is 2. The summed E-state index contributed by atoms with van der Waals surface area (Å²) in [6, 6.07) is 4.42. The highest BCUT2D eigenvalue weighted by atomic mass is 16.5. The molecule has 1 aliphatic carbocycles. The first-order chi connectivity index (χ1) is 8.72. The maximum atomic E-state index is 5.02. The minimum Gasteiger partial charge on any atom is -0.481 e. The molecule has 5 heteroatoms. The molecule has 1 fully saturated rings. The zero-order valence-corrected chi connectivity index (χ0v) is 11.1. The maximum Gasteiger partial charge on any atom is 0.212 e. The molecule has 2 rings (SSSR count). The van der Waals surface area contributed by atoms with E-state index >= 15 is 0 Å². The maximum absolute atomic E-state index is 5.02. The largest absolute Gasteiger partial charge is 0.481 e. The molecule has 1 aromatic heterocycles. The molecule has 2 atom stereocenters. The van der Waals surface area contributed by atoms with E-state index in [4.69, 9.17) is 4.74 Å². The Hall–Kier alpha value is -1.78. The Kier molecular flexibility index (Phi) is 4.02. The molecule has 1 saturated carbocycles. The van der Waals surface area contributed by atoms with Crippen LogP contribution in [0.25, 0.3) is 0 Å². The van der Waals surface area contributed by atoms with Gasteiger partial charge >= 0.3 is 0 Å². The van der Waals surface area contributed by atoms with Crippen LogP contribution in [0.3, 0.4) is 0 Å². The van der Waals surface area contributed by atoms with Crippen molar-refractivity contribution in [2.24, 2.45) is 10.9 Å². The van der Waals surface area contributed by atoms with E-state index in [2.05, 4.69) is 27.5 Å². The van der Waals surface area contributed by atoms with E-state index in [1.165, 1.54) is 6.42 Å². The first kappa shape index (κ1) is 12.7. The number of aliphatic imine (C=N–C) groups is 1. The van der Waals surface area contributed by atoms with Crippen LogP contribution in [0.1, 0.15) is 18.9 Å². The van der Waals surface area contributed by atoms with E-state index in [0.717, 1.165) is 17.4 Å². The van der Waals surface area contributed by atoms with Crippen molar-refractivity contribution in [1.82, 2.24) is 15.6 Å². The Morgan fingerprint density at radius 3 is 2.83 bits per heavy atom. The minimum absolute atomic E-state index is 0.574. The van der Waals surface area contributed by atoms with E-state index in [1.54, 1.807) is 20.4 Å². The fraction of sp³-hybridized carbons (Fsp3) is 0.538. The second-order valence-corrected chi connectivity index (χ2v) is 4.60. The number of ether oxygens (including phenoxy) is 1. The van der Waals surface area contributed by atoms with Gasteiger partial charge in [-0.15, -0.1) is 0 Å². The highest BCUT2D eigenvalue weighted by Crippen LogP contribution is 2.28. The van der Waals surface area contributed by atoms with Crippen molar-refractivity contribution in [3.8, 4) is 5.88 Å². The third-order valence-electron chi connectivity index (χ3n) is 3.12. The molecule has 0 aromatic carbocycles. The molecule has 18 heavy (non-hydrogen) atoms. The van der Waals surface area contributed by atoms with Gasteiger partial charge < -0.3 is 15.4 Å². The Morgan fingerprint density at radius 2 is 2.33 bits per heavy atom. The molecule has 0 bridgehead atoms. The summed E-state index contributed by atoms with van der Waals surface area (Å²) >= 11 is 0. The highest BCUT2D eigenvalue weighted by molar-refractivity contribution is 5.80. The second kappa shape index (κ2) is 5.71. The van der Waals surface area contributed by atoms with Crippen LogP contribution in [-0.2, 0) is 6.54 Å². The van der Waals surface area contributed by atoms with Gasteiger partial charge in [0.1, 0.15) is 0 Å². The molecule has 0 aliphatic heterocycles. The number of aromatic nitrogens is 1. The number of hydrogen-bond donors (Lipinski definition) is 2. The zero-order valence-electron chi connectivity index (χ0n) is 11.1. The summed E-state index contributed by atoms with van der Waals surface area (Å²) in [5.74, 6) is 2.24. The number of nitrogens with zero attached hydrogens (tertiary/aromatic N) is 2. The first-order valence-electron chi connectivity index (χ1n) is 6.19. The Bertz CT molecular complexity index is 416. The average molecular weight is 248 g/mol. The van der Waals surface area contributed by atoms with Gasteiger partial charge in [-0.25, -0.2) is 4.98 Å². The molecule has 5 nitrogen and oxygen atoms in total. The quantitative estimate of drug-likeness (QED) is 0.620. The third kappa shape index (κ3) is 3.35. The van der Waals surface area contributed by atoms with Gasteiger partial charge in [0.25, 0.3) is 0 Å². The topological polar surface area (TPSA) is 58.5 Å². The summed E-state index contributed by atoms with van der Waals surface area (Å²) in [7, 11) is 3.40. The van der Waals surface area contributed by atoms with Crippen molar-refractivity contribution in [2.45, 2.75) is 25.9 Å². The van der Waals surface area contributed by atoms with Crippen molar-refractivity contribution in [2.75, 3.05) is 14.2 Å². The lowest BCUT2D eigenvalue weighted by Crippen LogP contribution is -2.38. The van der Waals surface area contributed by atoms with Gasteiger partial charge in [-0.1, -0.05) is 13.0 Å². The van der Waals surface area contributed by atoms with Gasteiger partial charge in [0.15, 0.2) is 5.96 Å². The summed E-state index contributed by atoms with van der Waals surface area (Å²) in [6.45, 7) is 2.94. The lowest BCUT2D eigenvalue weighted by Gasteiger charge is -2.11. The predicted molar refractivity (Wildman–Crippen MR) is 71.7 cm³/mol. The van der Waals surface area contributed by atoms with E-state index in [9.17, 15) is 0 Å². The van der Waals surface area contributed by atoms with E-state index in [0.29, 0.717) is 18.5 Å². The summed E-state index contributed by atoms with van der Waals surface area (Å²) in [6.07, 6.45) is 3.03. The molecule has 2 N–H and O–H groups in total. The van der Waals surface area contributed by atoms with Crippen LogP contribution in [-0.4, -0.2) is 31.1 Å². The standard InChI is InChI=1S/C13H20N4O/c1-9-6-11(9)17-13(14-2)16-8-10-4-5-12(18-3)15-7-10/h4-5,7,9,11H,6,8H2,1-3H3,(H2,14,16,17). The molecular formula is C13H20N4O. The lowest BCUT2D eigenvalue weighted by atomic mass is 10.3. The fourth-order valence-electron chi connectivity index (χ4n) is 1.72. The van der Waals surface area contributed by atoms with Crippen molar-refractivity contribution in [3.05, 3.63) is 23.9 Å². The lowest BCUT2D eigenvalue weighted by molar-refractivity contribution is 0.397.